The van der Waals surface area contributed by atoms with Crippen LogP contribution >= 0.6 is 0 Å². The molecule has 0 aliphatic heterocycles. The van der Waals surface area contributed by atoms with Gasteiger partial charge in [-0.3, -0.25) is 0 Å². The number of nitrogens with zero attached hydrogens (tertiary/aromatic N) is 1. The van der Waals surface area contributed by atoms with Crippen molar-refractivity contribution in [3.8, 4) is 11.4 Å². The predicted molar refractivity (Wildman–Crippen MR) is 86.1 cm³/mol. The largest absolute Gasteiger partial charge is 0.377 e. The summed E-state index contributed by atoms with van der Waals surface area (Å²) < 4.78 is 19.2. The summed E-state index contributed by atoms with van der Waals surface area (Å²) in [6, 6.07) is 12.6. The number of ether oxygens (including phenoxy) is 1. The summed E-state index contributed by atoms with van der Waals surface area (Å²) in [7, 11) is 0. The molecular weight excluding hydrogens is 279 g/mol. The van der Waals surface area contributed by atoms with Gasteiger partial charge >= 0.3 is 0 Å². The van der Waals surface area contributed by atoms with E-state index in [0.29, 0.717) is 13.2 Å². The third kappa shape index (κ3) is 3.17. The number of aromatic nitrogens is 2. The van der Waals surface area contributed by atoms with Crippen LogP contribution in [0.3, 0.4) is 0 Å². The van der Waals surface area contributed by atoms with E-state index in [1.165, 1.54) is 12.1 Å². The Morgan fingerprint density at radius 3 is 2.86 bits per heavy atom. The van der Waals surface area contributed by atoms with Crippen LogP contribution in [0.4, 0.5) is 4.39 Å². The second kappa shape index (κ2) is 6.71. The summed E-state index contributed by atoms with van der Waals surface area (Å²) in [4.78, 5) is 7.87. The second-order valence-electron chi connectivity index (χ2n) is 5.31. The summed E-state index contributed by atoms with van der Waals surface area (Å²) in [5.74, 6) is 0.490. The van der Waals surface area contributed by atoms with E-state index in [1.807, 2.05) is 24.3 Å². The quantitative estimate of drug-likeness (QED) is 0.671. The third-order valence-corrected chi connectivity index (χ3v) is 3.61. The first-order valence-electron chi connectivity index (χ1n) is 7.59. The van der Waals surface area contributed by atoms with Crippen LogP contribution < -0.4 is 0 Å². The fourth-order valence-electron chi connectivity index (χ4n) is 2.42. The molecule has 0 radical (unpaired) electrons. The average molecular weight is 298 g/mol. The Hall–Kier alpha value is -2.20. The number of benzene rings is 2. The van der Waals surface area contributed by atoms with Gasteiger partial charge < -0.3 is 9.72 Å². The zero-order valence-electron chi connectivity index (χ0n) is 12.6. The molecule has 0 unspecified atom stereocenters. The van der Waals surface area contributed by atoms with Gasteiger partial charge in [0.2, 0.25) is 0 Å². The standard InChI is InChI=1S/C18H19FN2O/c1-2-3-10-22-12-13-11-14(19)8-9-15(13)18-20-16-6-4-5-7-17(16)21-18/h4-9,11H,2-3,10,12H2,1H3,(H,20,21). The van der Waals surface area contributed by atoms with Gasteiger partial charge in [-0.15, -0.1) is 0 Å². The van der Waals surface area contributed by atoms with Crippen molar-refractivity contribution in [2.45, 2.75) is 26.4 Å². The number of hydrogen-bond donors (Lipinski definition) is 1. The van der Waals surface area contributed by atoms with Crippen molar-refractivity contribution in [1.82, 2.24) is 9.97 Å². The lowest BCUT2D eigenvalue weighted by molar-refractivity contribution is 0.118. The maximum Gasteiger partial charge on any atom is 0.138 e. The number of halogens is 1. The van der Waals surface area contributed by atoms with Gasteiger partial charge in [0.05, 0.1) is 17.6 Å². The Labute approximate surface area is 129 Å². The fourth-order valence-corrected chi connectivity index (χ4v) is 2.42. The molecular formula is C18H19FN2O. The fraction of sp³-hybridized carbons (Fsp3) is 0.278. The van der Waals surface area contributed by atoms with Crippen LogP contribution in [-0.4, -0.2) is 16.6 Å². The molecule has 0 atom stereocenters. The van der Waals surface area contributed by atoms with Gasteiger partial charge in [0.25, 0.3) is 0 Å². The summed E-state index contributed by atoms with van der Waals surface area (Å²) in [6.07, 6.45) is 2.09. The minimum atomic E-state index is -0.256. The molecule has 2 aromatic carbocycles. The highest BCUT2D eigenvalue weighted by atomic mass is 19.1. The molecule has 114 valence electrons. The lowest BCUT2D eigenvalue weighted by Crippen LogP contribution is -1.99. The molecule has 1 heterocycles. The van der Waals surface area contributed by atoms with Crippen LogP contribution in [-0.2, 0) is 11.3 Å². The lowest BCUT2D eigenvalue weighted by atomic mass is 10.1. The molecule has 3 aromatic rings. The Balaban J connectivity index is 1.91. The molecule has 0 bridgehead atoms. The van der Waals surface area contributed by atoms with E-state index in [1.54, 1.807) is 6.07 Å². The molecule has 22 heavy (non-hydrogen) atoms. The minimum Gasteiger partial charge on any atom is -0.377 e. The number of hydrogen-bond acceptors (Lipinski definition) is 2. The Morgan fingerprint density at radius 1 is 1.18 bits per heavy atom. The molecule has 0 spiro atoms. The van der Waals surface area contributed by atoms with E-state index < -0.39 is 0 Å². The van der Waals surface area contributed by atoms with Gasteiger partial charge in [-0.25, -0.2) is 9.37 Å². The molecule has 4 heteroatoms. The molecule has 1 N–H and O–H groups in total. The molecule has 1 aromatic heterocycles. The van der Waals surface area contributed by atoms with Crippen molar-refractivity contribution in [3.05, 3.63) is 53.8 Å². The Kier molecular flexibility index (Phi) is 4.49. The average Bonchev–Trinajstić information content (AvgIpc) is 2.95. The maximum absolute atomic E-state index is 13.6. The molecule has 0 fully saturated rings. The van der Waals surface area contributed by atoms with E-state index in [9.17, 15) is 4.39 Å². The van der Waals surface area contributed by atoms with Crippen LogP contribution in [0.5, 0.6) is 0 Å². The van der Waals surface area contributed by atoms with Crippen molar-refractivity contribution in [1.29, 1.82) is 0 Å². The molecule has 3 nitrogen and oxygen atoms in total. The van der Waals surface area contributed by atoms with Crippen molar-refractivity contribution in [2.75, 3.05) is 6.61 Å². The van der Waals surface area contributed by atoms with Crippen molar-refractivity contribution >= 4 is 11.0 Å². The van der Waals surface area contributed by atoms with Gasteiger partial charge in [0.15, 0.2) is 0 Å². The maximum atomic E-state index is 13.6. The van der Waals surface area contributed by atoms with Gasteiger partial charge in [-0.2, -0.15) is 0 Å². The van der Waals surface area contributed by atoms with Gasteiger partial charge in [0, 0.05) is 12.2 Å². The lowest BCUT2D eigenvalue weighted by Gasteiger charge is -2.08. The molecule has 0 saturated heterocycles. The zero-order chi connectivity index (χ0) is 15.4. The van der Waals surface area contributed by atoms with Gasteiger partial charge in [-0.1, -0.05) is 25.5 Å². The van der Waals surface area contributed by atoms with E-state index in [4.69, 9.17) is 4.74 Å². The Morgan fingerprint density at radius 2 is 2.05 bits per heavy atom. The first kappa shape index (κ1) is 14.7. The number of rotatable bonds is 6. The van der Waals surface area contributed by atoms with Crippen LogP contribution in [0.25, 0.3) is 22.4 Å². The number of imidazole rings is 1. The molecule has 0 amide bonds. The highest BCUT2D eigenvalue weighted by Crippen LogP contribution is 2.25. The normalized spacial score (nSPS) is 11.2. The van der Waals surface area contributed by atoms with E-state index in [-0.39, 0.29) is 5.82 Å². The van der Waals surface area contributed by atoms with Gasteiger partial charge in [0.1, 0.15) is 11.6 Å². The van der Waals surface area contributed by atoms with E-state index in [0.717, 1.165) is 40.8 Å². The number of fused-ring (bicyclic) bond motifs is 1. The number of H-pyrrole nitrogens is 1. The number of nitrogens with one attached hydrogen (secondary N) is 1. The second-order valence-corrected chi connectivity index (χ2v) is 5.31. The van der Waals surface area contributed by atoms with Crippen molar-refractivity contribution < 1.29 is 9.13 Å². The SMILES string of the molecule is CCCCOCc1cc(F)ccc1-c1nc2ccccc2[nH]1. The predicted octanol–water partition coefficient (Wildman–Crippen LogP) is 4.69. The van der Waals surface area contributed by atoms with Crippen molar-refractivity contribution in [2.24, 2.45) is 0 Å². The number of aromatic amines is 1. The number of unbranched alkanes of at least 4 members (excludes halogenated alkanes) is 1. The number of para-hydroxylation sites is 2. The first-order valence-corrected chi connectivity index (χ1v) is 7.59. The Bertz CT molecular complexity index is 734. The van der Waals surface area contributed by atoms with Crippen LogP contribution in [0.1, 0.15) is 25.3 Å². The smallest absolute Gasteiger partial charge is 0.138 e. The molecule has 3 rings (SSSR count). The molecule has 0 aliphatic rings. The zero-order valence-corrected chi connectivity index (χ0v) is 12.6. The highest BCUT2D eigenvalue weighted by Gasteiger charge is 2.11. The van der Waals surface area contributed by atoms with E-state index >= 15 is 0 Å². The summed E-state index contributed by atoms with van der Waals surface area (Å²) in [5, 5.41) is 0. The first-order chi connectivity index (χ1) is 10.8. The topological polar surface area (TPSA) is 37.9 Å². The minimum absolute atomic E-state index is 0.256. The monoisotopic (exact) mass is 298 g/mol. The highest BCUT2D eigenvalue weighted by molar-refractivity contribution is 5.79. The summed E-state index contributed by atoms with van der Waals surface area (Å²) in [5.41, 5.74) is 3.57. The summed E-state index contributed by atoms with van der Waals surface area (Å²) >= 11 is 0. The van der Waals surface area contributed by atoms with Crippen LogP contribution in [0.2, 0.25) is 0 Å². The van der Waals surface area contributed by atoms with Gasteiger partial charge in [-0.05, 0) is 42.3 Å². The van der Waals surface area contributed by atoms with Crippen LogP contribution in [0, 0.1) is 5.82 Å². The molecule has 0 saturated carbocycles. The third-order valence-electron chi connectivity index (χ3n) is 3.61. The van der Waals surface area contributed by atoms with Crippen LogP contribution in [0.15, 0.2) is 42.5 Å². The molecule has 0 aliphatic carbocycles. The van der Waals surface area contributed by atoms with Crippen molar-refractivity contribution in [3.63, 3.8) is 0 Å². The van der Waals surface area contributed by atoms with E-state index in [2.05, 4.69) is 16.9 Å². The summed E-state index contributed by atoms with van der Waals surface area (Å²) in [6.45, 7) is 3.20.